The Morgan fingerprint density at radius 3 is 2.44 bits per heavy atom. The lowest BCUT2D eigenvalue weighted by Gasteiger charge is -2.08. The molecule has 0 heterocycles. The molecule has 3 N–H and O–H groups in total. The Labute approximate surface area is 113 Å². The number of amides is 1. The van der Waals surface area contributed by atoms with E-state index in [2.05, 4.69) is 15.4 Å². The van der Waals surface area contributed by atoms with E-state index in [-0.39, 0.29) is 24.9 Å². The second-order valence-corrected chi connectivity index (χ2v) is 5.28. The maximum Gasteiger partial charge on any atom is 0.238 e. The van der Waals surface area contributed by atoms with Gasteiger partial charge in [-0.05, 0) is 25.2 Å². The van der Waals surface area contributed by atoms with Crippen LogP contribution in [-0.4, -0.2) is 34.2 Å². The van der Waals surface area contributed by atoms with Crippen molar-refractivity contribution < 1.29 is 13.2 Å². The fourth-order valence-electron chi connectivity index (χ4n) is 1.24. The molecular formula is C10H16ClN3O3S. The highest BCUT2D eigenvalue weighted by Crippen LogP contribution is 2.15. The molecule has 0 radical (unpaired) electrons. The van der Waals surface area contributed by atoms with Gasteiger partial charge in [0.1, 0.15) is 0 Å². The average Bonchev–Trinajstić information content (AvgIpc) is 2.15. The molecule has 0 fully saturated rings. The Morgan fingerprint density at radius 2 is 1.89 bits per heavy atom. The van der Waals surface area contributed by atoms with Gasteiger partial charge in [0.05, 0.1) is 18.5 Å². The predicted molar refractivity (Wildman–Crippen MR) is 74.7 cm³/mol. The molecule has 0 spiro atoms. The largest absolute Gasteiger partial charge is 0.325 e. The molecule has 0 aliphatic carbocycles. The number of carbonyl (C=O) groups is 1. The third-order valence-electron chi connectivity index (χ3n) is 1.79. The van der Waals surface area contributed by atoms with Crippen LogP contribution >= 0.6 is 12.4 Å². The maximum atomic E-state index is 11.3. The van der Waals surface area contributed by atoms with Crippen molar-refractivity contribution in [2.24, 2.45) is 0 Å². The topological polar surface area (TPSA) is 87.3 Å². The van der Waals surface area contributed by atoms with Gasteiger partial charge in [0.15, 0.2) is 0 Å². The fraction of sp³-hybridized carbons (Fsp3) is 0.300. The lowest BCUT2D eigenvalue weighted by atomic mass is 10.3. The number of sulfonamides is 1. The first kappa shape index (κ1) is 16.7. The fourth-order valence-corrected chi connectivity index (χ4v) is 1.80. The zero-order valence-electron chi connectivity index (χ0n) is 10.1. The van der Waals surface area contributed by atoms with E-state index in [1.54, 1.807) is 31.3 Å². The summed E-state index contributed by atoms with van der Waals surface area (Å²) in [5, 5.41) is 5.35. The highest BCUT2D eigenvalue weighted by molar-refractivity contribution is 7.92. The van der Waals surface area contributed by atoms with E-state index < -0.39 is 10.0 Å². The lowest BCUT2D eigenvalue weighted by molar-refractivity contribution is -0.115. The van der Waals surface area contributed by atoms with Crippen LogP contribution in [0.3, 0.4) is 0 Å². The Bertz CT molecular complexity index is 505. The van der Waals surface area contributed by atoms with Gasteiger partial charge < -0.3 is 10.6 Å². The summed E-state index contributed by atoms with van der Waals surface area (Å²) in [6, 6.07) is 6.49. The Balaban J connectivity index is 0.00000289. The molecule has 0 atom stereocenters. The molecule has 0 aromatic heterocycles. The smallest absolute Gasteiger partial charge is 0.238 e. The normalized spacial score (nSPS) is 10.3. The zero-order valence-corrected chi connectivity index (χ0v) is 11.7. The summed E-state index contributed by atoms with van der Waals surface area (Å²) in [4.78, 5) is 11.3. The Morgan fingerprint density at radius 1 is 1.28 bits per heavy atom. The van der Waals surface area contributed by atoms with E-state index in [9.17, 15) is 13.2 Å². The third-order valence-corrected chi connectivity index (χ3v) is 2.39. The van der Waals surface area contributed by atoms with Crippen LogP contribution in [0, 0.1) is 0 Å². The SMILES string of the molecule is CNCC(=O)Nc1cccc(NS(C)(=O)=O)c1.Cl. The van der Waals surface area contributed by atoms with Crippen LogP contribution < -0.4 is 15.4 Å². The summed E-state index contributed by atoms with van der Waals surface area (Å²) in [5.74, 6) is -0.191. The monoisotopic (exact) mass is 293 g/mol. The summed E-state index contributed by atoms with van der Waals surface area (Å²) in [7, 11) is -1.64. The first-order valence-electron chi connectivity index (χ1n) is 4.93. The number of hydrogen-bond donors (Lipinski definition) is 3. The van der Waals surface area contributed by atoms with Crippen LogP contribution in [-0.2, 0) is 14.8 Å². The summed E-state index contributed by atoms with van der Waals surface area (Å²) in [5.41, 5.74) is 0.952. The molecule has 0 saturated carbocycles. The average molecular weight is 294 g/mol. The number of hydrogen-bond acceptors (Lipinski definition) is 4. The van der Waals surface area contributed by atoms with E-state index in [0.717, 1.165) is 6.26 Å². The van der Waals surface area contributed by atoms with Crippen LogP contribution in [0.4, 0.5) is 11.4 Å². The van der Waals surface area contributed by atoms with E-state index in [1.165, 1.54) is 0 Å². The zero-order chi connectivity index (χ0) is 12.9. The summed E-state index contributed by atoms with van der Waals surface area (Å²) >= 11 is 0. The molecule has 102 valence electrons. The van der Waals surface area contributed by atoms with E-state index in [4.69, 9.17) is 0 Å². The van der Waals surface area contributed by atoms with Crippen molar-refractivity contribution in [1.82, 2.24) is 5.32 Å². The quantitative estimate of drug-likeness (QED) is 0.743. The molecule has 0 bridgehead atoms. The molecule has 0 aliphatic heterocycles. The van der Waals surface area contributed by atoms with E-state index >= 15 is 0 Å². The van der Waals surface area contributed by atoms with Crippen molar-refractivity contribution in [3.05, 3.63) is 24.3 Å². The third kappa shape index (κ3) is 6.43. The number of anilines is 2. The Kier molecular flexibility index (Phi) is 6.67. The van der Waals surface area contributed by atoms with Crippen molar-refractivity contribution in [2.45, 2.75) is 0 Å². The molecule has 18 heavy (non-hydrogen) atoms. The lowest BCUT2D eigenvalue weighted by Crippen LogP contribution is -2.25. The van der Waals surface area contributed by atoms with E-state index in [0.29, 0.717) is 11.4 Å². The number of likely N-dealkylation sites (N-methyl/N-ethyl adjacent to an activating group) is 1. The number of halogens is 1. The van der Waals surface area contributed by atoms with Crippen molar-refractivity contribution in [3.63, 3.8) is 0 Å². The second kappa shape index (κ2) is 7.20. The first-order valence-corrected chi connectivity index (χ1v) is 6.82. The highest BCUT2D eigenvalue weighted by atomic mass is 35.5. The van der Waals surface area contributed by atoms with Gasteiger partial charge in [0, 0.05) is 5.69 Å². The van der Waals surface area contributed by atoms with Gasteiger partial charge in [0.25, 0.3) is 0 Å². The van der Waals surface area contributed by atoms with Crippen LogP contribution in [0.1, 0.15) is 0 Å². The molecule has 1 aromatic carbocycles. The van der Waals surface area contributed by atoms with Gasteiger partial charge in [-0.25, -0.2) is 8.42 Å². The van der Waals surface area contributed by atoms with Crippen LogP contribution in [0.15, 0.2) is 24.3 Å². The van der Waals surface area contributed by atoms with Crippen LogP contribution in [0.25, 0.3) is 0 Å². The number of rotatable bonds is 5. The van der Waals surface area contributed by atoms with Crippen molar-refractivity contribution in [1.29, 1.82) is 0 Å². The van der Waals surface area contributed by atoms with Crippen molar-refractivity contribution >= 4 is 39.7 Å². The number of nitrogens with one attached hydrogen (secondary N) is 3. The predicted octanol–water partition coefficient (Wildman–Crippen LogP) is 0.638. The minimum absolute atomic E-state index is 0. The molecular weight excluding hydrogens is 278 g/mol. The van der Waals surface area contributed by atoms with Gasteiger partial charge in [-0.2, -0.15) is 0 Å². The molecule has 1 rings (SSSR count). The first-order chi connectivity index (χ1) is 7.90. The van der Waals surface area contributed by atoms with Crippen molar-refractivity contribution in [3.8, 4) is 0 Å². The summed E-state index contributed by atoms with van der Waals surface area (Å²) in [6.45, 7) is 0.198. The van der Waals surface area contributed by atoms with Gasteiger partial charge in [0.2, 0.25) is 15.9 Å². The maximum absolute atomic E-state index is 11.3. The molecule has 0 saturated heterocycles. The number of carbonyl (C=O) groups excluding carboxylic acids is 1. The standard InChI is InChI=1S/C10H15N3O3S.ClH/c1-11-7-10(14)12-8-4-3-5-9(6-8)13-17(2,15)16;/h3-6,11,13H,7H2,1-2H3,(H,12,14);1H. The molecule has 1 aromatic rings. The van der Waals surface area contributed by atoms with Gasteiger partial charge in [-0.1, -0.05) is 6.07 Å². The minimum atomic E-state index is -3.31. The molecule has 6 nitrogen and oxygen atoms in total. The molecule has 0 unspecified atom stereocenters. The second-order valence-electron chi connectivity index (χ2n) is 3.53. The molecule has 8 heteroatoms. The Hall–Kier alpha value is -1.31. The van der Waals surface area contributed by atoms with Crippen molar-refractivity contribution in [2.75, 3.05) is 29.9 Å². The van der Waals surface area contributed by atoms with Gasteiger partial charge in [-0.15, -0.1) is 12.4 Å². The molecule has 0 aliphatic rings. The van der Waals surface area contributed by atoms with E-state index in [1.807, 2.05) is 0 Å². The highest BCUT2D eigenvalue weighted by Gasteiger charge is 2.04. The summed E-state index contributed by atoms with van der Waals surface area (Å²) < 4.78 is 24.4. The van der Waals surface area contributed by atoms with Gasteiger partial charge >= 0.3 is 0 Å². The minimum Gasteiger partial charge on any atom is -0.325 e. The van der Waals surface area contributed by atoms with Crippen LogP contribution in [0.5, 0.6) is 0 Å². The van der Waals surface area contributed by atoms with Gasteiger partial charge in [-0.3, -0.25) is 9.52 Å². The van der Waals surface area contributed by atoms with Crippen LogP contribution in [0.2, 0.25) is 0 Å². The molecule has 1 amide bonds. The number of benzene rings is 1. The summed E-state index contributed by atoms with van der Waals surface area (Å²) in [6.07, 6.45) is 1.07.